The van der Waals surface area contributed by atoms with Gasteiger partial charge in [-0.1, -0.05) is 12.1 Å². The van der Waals surface area contributed by atoms with Gasteiger partial charge in [-0.2, -0.15) is 0 Å². The Bertz CT molecular complexity index is 840. The highest BCUT2D eigenvalue weighted by atomic mass is 32.2. The average molecular weight is 319 g/mol. The van der Waals surface area contributed by atoms with Crippen molar-refractivity contribution in [1.29, 1.82) is 0 Å². The van der Waals surface area contributed by atoms with E-state index in [0.717, 1.165) is 18.7 Å². The first kappa shape index (κ1) is 13.5. The number of halogens is 1. The van der Waals surface area contributed by atoms with Gasteiger partial charge in [-0.25, -0.2) is 12.8 Å². The summed E-state index contributed by atoms with van der Waals surface area (Å²) in [4.78, 5) is 5.93. The highest BCUT2D eigenvalue weighted by Gasteiger charge is 2.43. The fourth-order valence-electron chi connectivity index (χ4n) is 3.24. The maximum Gasteiger partial charge on any atom is 0.267 e. The molecule has 5 nitrogen and oxygen atoms in total. The molecule has 1 fully saturated rings. The molecule has 1 atom stereocenters. The third-order valence-corrected chi connectivity index (χ3v) is 6.12. The van der Waals surface area contributed by atoms with Crippen LogP contribution in [-0.4, -0.2) is 32.5 Å². The predicted octanol–water partition coefficient (Wildman–Crippen LogP) is 2.01. The molecule has 0 radical (unpaired) electrons. The Kier molecular flexibility index (Phi) is 2.87. The smallest absolute Gasteiger partial charge is 0.267 e. The molecule has 0 N–H and O–H groups in total. The summed E-state index contributed by atoms with van der Waals surface area (Å²) in [5.41, 5.74) is 1.36. The lowest BCUT2D eigenvalue weighted by Gasteiger charge is -2.37. The van der Waals surface area contributed by atoms with E-state index in [4.69, 9.17) is 0 Å². The second-order valence-electron chi connectivity index (χ2n) is 5.48. The summed E-state index contributed by atoms with van der Waals surface area (Å²) in [6.45, 7) is 1.40. The normalized spacial score (nSPS) is 20.1. The van der Waals surface area contributed by atoms with E-state index in [0.29, 0.717) is 12.2 Å². The molecule has 0 spiro atoms. The Morgan fingerprint density at radius 2 is 2.00 bits per heavy atom. The third kappa shape index (κ3) is 1.81. The Hall–Kier alpha value is -2.15. The molecule has 114 valence electrons. The van der Waals surface area contributed by atoms with Crippen molar-refractivity contribution in [2.75, 3.05) is 22.3 Å². The van der Waals surface area contributed by atoms with Crippen molar-refractivity contribution in [3.63, 3.8) is 0 Å². The van der Waals surface area contributed by atoms with E-state index in [1.807, 2.05) is 0 Å². The van der Waals surface area contributed by atoms with Crippen LogP contribution in [0.1, 0.15) is 6.42 Å². The van der Waals surface area contributed by atoms with Gasteiger partial charge in [0.1, 0.15) is 10.7 Å². The maximum atomic E-state index is 14.0. The summed E-state index contributed by atoms with van der Waals surface area (Å²) in [6, 6.07) is 7.02. The molecule has 1 aromatic heterocycles. The lowest BCUT2D eigenvalue weighted by atomic mass is 10.2. The van der Waals surface area contributed by atoms with Gasteiger partial charge in [0.2, 0.25) is 0 Å². The SMILES string of the molecule is O=S(=O)(c1ccccc1F)N1c2ccncc2N2CCC1C2. The van der Waals surface area contributed by atoms with E-state index in [9.17, 15) is 12.8 Å². The van der Waals surface area contributed by atoms with E-state index < -0.39 is 15.8 Å². The molecule has 1 saturated heterocycles. The third-order valence-electron chi connectivity index (χ3n) is 4.22. The van der Waals surface area contributed by atoms with E-state index in [1.54, 1.807) is 18.5 Å². The van der Waals surface area contributed by atoms with E-state index in [1.165, 1.54) is 28.6 Å². The zero-order chi connectivity index (χ0) is 15.3. The predicted molar refractivity (Wildman–Crippen MR) is 80.9 cm³/mol. The monoisotopic (exact) mass is 319 g/mol. The first-order valence-electron chi connectivity index (χ1n) is 7.07. The fraction of sp³-hybridized carbons (Fsp3) is 0.267. The molecule has 2 aromatic rings. The molecule has 22 heavy (non-hydrogen) atoms. The van der Waals surface area contributed by atoms with Crippen molar-refractivity contribution in [3.8, 4) is 0 Å². The summed E-state index contributed by atoms with van der Waals surface area (Å²) in [6.07, 6.45) is 3.96. The number of sulfonamides is 1. The van der Waals surface area contributed by atoms with E-state index in [-0.39, 0.29) is 10.9 Å². The molecule has 0 aliphatic carbocycles. The summed E-state index contributed by atoms with van der Waals surface area (Å²) in [5, 5.41) is 0. The lowest BCUT2D eigenvalue weighted by Crippen LogP contribution is -2.46. The molecule has 1 unspecified atom stereocenters. The maximum absolute atomic E-state index is 14.0. The van der Waals surface area contributed by atoms with Crippen LogP contribution in [0.3, 0.4) is 0 Å². The van der Waals surface area contributed by atoms with Crippen molar-refractivity contribution < 1.29 is 12.8 Å². The Balaban J connectivity index is 1.91. The van der Waals surface area contributed by atoms with Crippen LogP contribution in [0.2, 0.25) is 0 Å². The zero-order valence-corrected chi connectivity index (χ0v) is 12.5. The van der Waals surface area contributed by atoms with Crippen LogP contribution in [0.5, 0.6) is 0 Å². The summed E-state index contributed by atoms with van der Waals surface area (Å²) >= 11 is 0. The topological polar surface area (TPSA) is 53.5 Å². The summed E-state index contributed by atoms with van der Waals surface area (Å²) in [7, 11) is -3.94. The highest BCUT2D eigenvalue weighted by Crippen LogP contribution is 2.42. The van der Waals surface area contributed by atoms with Crippen LogP contribution in [-0.2, 0) is 10.0 Å². The standard InChI is InChI=1S/C15H14FN3O2S/c16-12-3-1-2-4-15(12)22(20,21)19-11-6-8-18(10-11)14-9-17-7-5-13(14)19/h1-5,7,9,11H,6,8,10H2. The van der Waals surface area contributed by atoms with Crippen molar-refractivity contribution in [1.82, 2.24) is 4.98 Å². The first-order chi connectivity index (χ1) is 10.6. The number of nitrogens with zero attached hydrogens (tertiary/aromatic N) is 3. The van der Waals surface area contributed by atoms with Gasteiger partial charge < -0.3 is 4.90 Å². The number of hydrogen-bond acceptors (Lipinski definition) is 4. The van der Waals surface area contributed by atoms with Crippen LogP contribution >= 0.6 is 0 Å². The molecule has 2 aliphatic rings. The lowest BCUT2D eigenvalue weighted by molar-refractivity contribution is 0.556. The summed E-state index contributed by atoms with van der Waals surface area (Å²) in [5.74, 6) is -0.724. The van der Waals surface area contributed by atoms with Gasteiger partial charge in [-0.15, -0.1) is 0 Å². The van der Waals surface area contributed by atoms with Crippen molar-refractivity contribution in [3.05, 3.63) is 48.5 Å². The molecule has 2 aliphatic heterocycles. The van der Waals surface area contributed by atoms with Crippen LogP contribution in [0.15, 0.2) is 47.6 Å². The molecule has 7 heteroatoms. The molecule has 0 saturated carbocycles. The quantitative estimate of drug-likeness (QED) is 0.850. The van der Waals surface area contributed by atoms with Gasteiger partial charge in [0, 0.05) is 19.3 Å². The molecular formula is C15H14FN3O2S. The van der Waals surface area contributed by atoms with Gasteiger partial charge in [-0.05, 0) is 24.6 Å². The van der Waals surface area contributed by atoms with Gasteiger partial charge in [0.05, 0.1) is 23.6 Å². The number of rotatable bonds is 2. The van der Waals surface area contributed by atoms with Crippen LogP contribution < -0.4 is 9.21 Å². The molecule has 2 bridgehead atoms. The zero-order valence-electron chi connectivity index (χ0n) is 11.7. The molecule has 1 aromatic carbocycles. The molecular weight excluding hydrogens is 305 g/mol. The molecule has 4 rings (SSSR count). The first-order valence-corrected chi connectivity index (χ1v) is 8.51. The Labute approximate surface area is 128 Å². The van der Waals surface area contributed by atoms with Gasteiger partial charge in [-0.3, -0.25) is 9.29 Å². The van der Waals surface area contributed by atoms with Crippen LogP contribution in [0.25, 0.3) is 0 Å². The van der Waals surface area contributed by atoms with Crippen molar-refractivity contribution in [2.45, 2.75) is 17.4 Å². The number of hydrogen-bond donors (Lipinski definition) is 0. The molecule has 0 amide bonds. The van der Waals surface area contributed by atoms with Crippen LogP contribution in [0.4, 0.5) is 15.8 Å². The largest absolute Gasteiger partial charge is 0.366 e. The number of fused-ring (bicyclic) bond motifs is 4. The Morgan fingerprint density at radius 1 is 1.18 bits per heavy atom. The van der Waals surface area contributed by atoms with Crippen molar-refractivity contribution >= 4 is 21.4 Å². The minimum Gasteiger partial charge on any atom is -0.366 e. The molecule has 3 heterocycles. The minimum atomic E-state index is -3.94. The van der Waals surface area contributed by atoms with E-state index in [2.05, 4.69) is 9.88 Å². The number of anilines is 2. The van der Waals surface area contributed by atoms with Gasteiger partial charge >= 0.3 is 0 Å². The number of benzene rings is 1. The Morgan fingerprint density at radius 3 is 2.82 bits per heavy atom. The van der Waals surface area contributed by atoms with Crippen molar-refractivity contribution in [2.24, 2.45) is 0 Å². The minimum absolute atomic E-state index is 0.167. The van der Waals surface area contributed by atoms with Gasteiger partial charge in [0.15, 0.2) is 0 Å². The average Bonchev–Trinajstić information content (AvgIpc) is 2.92. The second kappa shape index (κ2) is 4.67. The fourth-order valence-corrected chi connectivity index (χ4v) is 5.00. The number of pyridine rings is 1. The van der Waals surface area contributed by atoms with Crippen LogP contribution in [0, 0.1) is 5.82 Å². The van der Waals surface area contributed by atoms with Gasteiger partial charge in [0.25, 0.3) is 10.0 Å². The second-order valence-corrected chi connectivity index (χ2v) is 7.27. The summed E-state index contributed by atoms with van der Waals surface area (Å²) < 4.78 is 41.4. The highest BCUT2D eigenvalue weighted by molar-refractivity contribution is 7.92. The van der Waals surface area contributed by atoms with E-state index >= 15 is 0 Å². The number of aromatic nitrogens is 1.